The first kappa shape index (κ1) is 36.2. The second kappa shape index (κ2) is 13.9. The predicted molar refractivity (Wildman–Crippen MR) is 256 cm³/mol. The summed E-state index contributed by atoms with van der Waals surface area (Å²) in [4.78, 5) is 10.1. The average molecular weight is 791 g/mol. The fourth-order valence-electron chi connectivity index (χ4n) is 10.7. The molecule has 2 aliphatic carbocycles. The molecule has 0 saturated carbocycles. The van der Waals surface area contributed by atoms with Crippen molar-refractivity contribution in [3.05, 3.63) is 252 Å². The van der Waals surface area contributed by atoms with Gasteiger partial charge < -0.3 is 0 Å². The zero-order valence-electron chi connectivity index (χ0n) is 34.7. The van der Waals surface area contributed by atoms with Crippen molar-refractivity contribution in [3.8, 4) is 67.3 Å². The Labute approximate surface area is 362 Å². The summed E-state index contributed by atoms with van der Waals surface area (Å²) < 4.78 is 0. The predicted octanol–water partition coefficient (Wildman–Crippen LogP) is 15.0. The smallest absolute Gasteiger partial charge is 0.160 e. The van der Waals surface area contributed by atoms with Crippen LogP contribution in [0.2, 0.25) is 0 Å². The van der Waals surface area contributed by atoms with Gasteiger partial charge in [0.2, 0.25) is 0 Å². The lowest BCUT2D eigenvalue weighted by Crippen LogP contribution is -2.40. The van der Waals surface area contributed by atoms with Crippen LogP contribution in [0.4, 0.5) is 0 Å². The lowest BCUT2D eigenvalue weighted by molar-refractivity contribution is 0.563. The molecule has 0 saturated heterocycles. The Morgan fingerprint density at radius 3 is 1.34 bits per heavy atom. The number of hydrogen-bond acceptors (Lipinski definition) is 2. The van der Waals surface area contributed by atoms with Crippen molar-refractivity contribution in [1.82, 2.24) is 9.97 Å². The number of fused-ring (bicyclic) bond motifs is 10. The minimum Gasteiger partial charge on any atom is -0.228 e. The number of hydrogen-bond donors (Lipinski definition) is 0. The highest BCUT2D eigenvalue weighted by molar-refractivity contribution is 6.06. The van der Waals surface area contributed by atoms with Gasteiger partial charge in [0, 0.05) is 22.1 Å². The van der Waals surface area contributed by atoms with E-state index < -0.39 is 5.41 Å². The van der Waals surface area contributed by atoms with E-state index in [9.17, 15) is 0 Å². The molecular formula is C60H42N2. The second-order valence-corrected chi connectivity index (χ2v) is 17.2. The van der Waals surface area contributed by atoms with Gasteiger partial charge in [0.15, 0.2) is 5.82 Å². The monoisotopic (exact) mass is 790 g/mol. The maximum atomic E-state index is 5.08. The Hall–Kier alpha value is -7.68. The summed E-state index contributed by atoms with van der Waals surface area (Å²) in [5, 5.41) is 2.47. The molecule has 1 spiro atoms. The molecule has 1 aromatic heterocycles. The number of aromatic nitrogens is 2. The van der Waals surface area contributed by atoms with Crippen molar-refractivity contribution in [1.29, 1.82) is 0 Å². The van der Waals surface area contributed by atoms with Crippen LogP contribution in [0.3, 0.4) is 0 Å². The van der Waals surface area contributed by atoms with Gasteiger partial charge in [0.05, 0.1) is 16.8 Å². The molecule has 0 N–H and O–H groups in total. The highest BCUT2D eigenvalue weighted by atomic mass is 14.9. The van der Waals surface area contributed by atoms with Crippen LogP contribution in [0.15, 0.2) is 218 Å². The van der Waals surface area contributed by atoms with Crippen LogP contribution in [0.25, 0.3) is 78.1 Å². The van der Waals surface area contributed by atoms with E-state index in [-0.39, 0.29) is 5.41 Å². The van der Waals surface area contributed by atoms with Crippen LogP contribution in [0.5, 0.6) is 0 Å². The van der Waals surface area contributed by atoms with E-state index in [0.29, 0.717) is 0 Å². The van der Waals surface area contributed by atoms with E-state index >= 15 is 0 Å². The van der Waals surface area contributed by atoms with Gasteiger partial charge in [-0.25, -0.2) is 9.97 Å². The fourth-order valence-corrected chi connectivity index (χ4v) is 10.7. The zero-order valence-corrected chi connectivity index (χ0v) is 34.7. The molecule has 0 fully saturated rings. The van der Waals surface area contributed by atoms with E-state index in [4.69, 9.17) is 9.97 Å². The van der Waals surface area contributed by atoms with Gasteiger partial charge in [0.1, 0.15) is 0 Å². The highest BCUT2D eigenvalue weighted by Gasteiger charge is 2.53. The Morgan fingerprint density at radius 1 is 0.290 bits per heavy atom. The first-order valence-electron chi connectivity index (χ1n) is 21.6. The van der Waals surface area contributed by atoms with Crippen molar-refractivity contribution in [2.45, 2.75) is 24.7 Å². The Balaban J connectivity index is 0.963. The van der Waals surface area contributed by atoms with Gasteiger partial charge in [-0.3, -0.25) is 0 Å². The zero-order chi connectivity index (χ0) is 41.4. The molecule has 0 radical (unpaired) electrons. The minimum atomic E-state index is -0.400. The SMILES string of the molecule is CC1(C)c2ccccc2C2(c3ccccc3-c3cc(-c4ccc(-c5ccc(-c6cc(-c7ccccc7)nc(-c7ccccc7)n6)cc5)c5ccccc45)ccc32)c2ccccc21. The second-order valence-electron chi connectivity index (χ2n) is 17.2. The van der Waals surface area contributed by atoms with Crippen molar-refractivity contribution >= 4 is 10.8 Å². The number of nitrogens with zero attached hydrogens (tertiary/aromatic N) is 2. The molecule has 12 rings (SSSR count). The van der Waals surface area contributed by atoms with Crippen LogP contribution in [0, 0.1) is 0 Å². The van der Waals surface area contributed by atoms with Crippen LogP contribution in [-0.4, -0.2) is 9.97 Å². The highest BCUT2D eigenvalue weighted by Crippen LogP contribution is 2.62. The molecule has 2 nitrogen and oxygen atoms in total. The van der Waals surface area contributed by atoms with Crippen molar-refractivity contribution < 1.29 is 0 Å². The quantitative estimate of drug-likeness (QED) is 0.174. The summed E-state index contributed by atoms with van der Waals surface area (Å²) in [5.41, 5.74) is 20.1. The molecule has 9 aromatic carbocycles. The summed E-state index contributed by atoms with van der Waals surface area (Å²) in [6.45, 7) is 4.76. The topological polar surface area (TPSA) is 25.8 Å². The lowest BCUT2D eigenvalue weighted by atomic mass is 9.55. The van der Waals surface area contributed by atoms with Crippen LogP contribution in [-0.2, 0) is 10.8 Å². The Morgan fingerprint density at radius 2 is 0.726 bits per heavy atom. The maximum Gasteiger partial charge on any atom is 0.160 e. The van der Waals surface area contributed by atoms with E-state index in [2.05, 4.69) is 208 Å². The first-order valence-corrected chi connectivity index (χ1v) is 21.6. The van der Waals surface area contributed by atoms with Gasteiger partial charge in [-0.05, 0) is 89.7 Å². The third-order valence-corrected chi connectivity index (χ3v) is 13.6. The molecule has 0 aliphatic heterocycles. The summed E-state index contributed by atoms with van der Waals surface area (Å²) >= 11 is 0. The third kappa shape index (κ3) is 5.36. The normalized spacial score (nSPS) is 13.9. The molecule has 0 unspecified atom stereocenters. The molecule has 62 heavy (non-hydrogen) atoms. The number of benzene rings is 9. The molecule has 0 bridgehead atoms. The summed E-state index contributed by atoms with van der Waals surface area (Å²) in [5.74, 6) is 0.718. The molecule has 1 heterocycles. The van der Waals surface area contributed by atoms with Gasteiger partial charge in [-0.2, -0.15) is 0 Å². The maximum absolute atomic E-state index is 5.08. The molecule has 2 heteroatoms. The van der Waals surface area contributed by atoms with E-state index in [1.807, 2.05) is 24.3 Å². The molecular weight excluding hydrogens is 749 g/mol. The van der Waals surface area contributed by atoms with Crippen LogP contribution >= 0.6 is 0 Å². The molecule has 2 aliphatic rings. The van der Waals surface area contributed by atoms with Crippen LogP contribution < -0.4 is 0 Å². The van der Waals surface area contributed by atoms with Crippen LogP contribution in [0.1, 0.15) is 47.2 Å². The summed E-state index contributed by atoms with van der Waals surface area (Å²) in [7, 11) is 0. The van der Waals surface area contributed by atoms with Crippen molar-refractivity contribution in [2.75, 3.05) is 0 Å². The average Bonchev–Trinajstić information content (AvgIpc) is 3.63. The van der Waals surface area contributed by atoms with Crippen molar-refractivity contribution in [2.24, 2.45) is 0 Å². The largest absolute Gasteiger partial charge is 0.228 e. The van der Waals surface area contributed by atoms with E-state index in [0.717, 1.165) is 33.9 Å². The molecule has 10 aromatic rings. The van der Waals surface area contributed by atoms with E-state index in [1.165, 1.54) is 77.5 Å². The standard InChI is InChI=1S/C60H42N2/c1-59(2)52-25-13-15-27-54(52)60(55-28-16-14-26-53(55)59)50-24-12-11-23-48(50)49-37-43(33-36-51(49)60)45-35-34-44(46-21-9-10-22-47(45)46)39-29-31-41(32-30-39)57-38-56(40-17-5-3-6-18-40)61-58(62-57)42-19-7-4-8-20-42/h3-38H,1-2H3. The van der Waals surface area contributed by atoms with Crippen molar-refractivity contribution in [3.63, 3.8) is 0 Å². The molecule has 0 amide bonds. The first-order chi connectivity index (χ1) is 30.5. The number of rotatable bonds is 5. The van der Waals surface area contributed by atoms with E-state index in [1.54, 1.807) is 0 Å². The third-order valence-electron chi connectivity index (χ3n) is 13.6. The van der Waals surface area contributed by atoms with Gasteiger partial charge in [-0.15, -0.1) is 0 Å². The fraction of sp³-hybridized carbons (Fsp3) is 0.0667. The molecule has 0 atom stereocenters. The molecule has 292 valence electrons. The van der Waals surface area contributed by atoms with Gasteiger partial charge in [-0.1, -0.05) is 220 Å². The summed E-state index contributed by atoms with van der Waals surface area (Å²) in [6.07, 6.45) is 0. The van der Waals surface area contributed by atoms with Gasteiger partial charge in [0.25, 0.3) is 0 Å². The van der Waals surface area contributed by atoms with Gasteiger partial charge >= 0.3 is 0 Å². The Bertz CT molecular complexity index is 3260. The Kier molecular flexibility index (Phi) is 8.14. The minimum absolute atomic E-state index is 0.120. The lowest BCUT2D eigenvalue weighted by Gasteiger charge is -2.46. The summed E-state index contributed by atoms with van der Waals surface area (Å²) in [6, 6.07) is 79.7.